The number of hydrogen-bond donors (Lipinski definition) is 0. The summed E-state index contributed by atoms with van der Waals surface area (Å²) < 4.78 is 2.47. The Morgan fingerprint density at radius 3 is 2.10 bits per heavy atom. The molecular formula is C26H36N2OSi. The third-order valence-corrected chi connectivity index (χ3v) is 12.2. The zero-order valence-corrected chi connectivity index (χ0v) is 20.8. The van der Waals surface area contributed by atoms with Gasteiger partial charge in [-0.1, -0.05) is 69.8 Å². The minimum Gasteiger partial charge on any atom is -0.374 e. The number of amides is 1. The number of nitrogens with zero attached hydrogens (tertiary/aromatic N) is 2. The van der Waals surface area contributed by atoms with Gasteiger partial charge in [0.15, 0.2) is 8.24 Å². The van der Waals surface area contributed by atoms with Gasteiger partial charge in [0.2, 0.25) is 0 Å². The summed E-state index contributed by atoms with van der Waals surface area (Å²) in [5, 5.41) is 1.27. The predicted molar refractivity (Wildman–Crippen MR) is 132 cm³/mol. The molecule has 1 heterocycles. The molecule has 0 unspecified atom stereocenters. The minimum atomic E-state index is -1.81. The molecule has 160 valence electrons. The van der Waals surface area contributed by atoms with Crippen molar-refractivity contribution in [2.75, 3.05) is 13.1 Å². The van der Waals surface area contributed by atoms with Crippen LogP contribution in [0.4, 0.5) is 0 Å². The van der Waals surface area contributed by atoms with Crippen LogP contribution in [0.3, 0.4) is 0 Å². The molecule has 0 aliphatic heterocycles. The van der Waals surface area contributed by atoms with Crippen LogP contribution in [0.1, 0.15) is 50.5 Å². The van der Waals surface area contributed by atoms with Gasteiger partial charge in [-0.05, 0) is 55.3 Å². The standard InChI is InChI=1S/C26H36N2OSi/c1-9-27(10-2)25(29)24-21(20-13-11-19(3)12-14-20)15-16-23-22(24)17-18-28(23)30(7,8)26(4,5)6/h11-18H,9-10H2,1-8H3. The maximum atomic E-state index is 13.7. The van der Waals surface area contributed by atoms with E-state index in [1.807, 2.05) is 18.7 Å². The molecule has 0 bridgehead atoms. The number of fused-ring (bicyclic) bond motifs is 1. The number of hydrogen-bond acceptors (Lipinski definition) is 1. The quantitative estimate of drug-likeness (QED) is 0.410. The average Bonchev–Trinajstić information content (AvgIpc) is 3.12. The van der Waals surface area contributed by atoms with Crippen LogP contribution >= 0.6 is 0 Å². The van der Waals surface area contributed by atoms with Crippen molar-refractivity contribution in [1.82, 2.24) is 9.13 Å². The minimum absolute atomic E-state index is 0.120. The van der Waals surface area contributed by atoms with Crippen molar-refractivity contribution in [1.29, 1.82) is 0 Å². The monoisotopic (exact) mass is 420 g/mol. The molecule has 0 radical (unpaired) electrons. The Kier molecular flexibility index (Phi) is 6.01. The highest BCUT2D eigenvalue weighted by atomic mass is 28.3. The summed E-state index contributed by atoms with van der Waals surface area (Å²) in [5.41, 5.74) is 5.34. The van der Waals surface area contributed by atoms with E-state index in [-0.39, 0.29) is 10.9 Å². The first kappa shape index (κ1) is 22.4. The van der Waals surface area contributed by atoms with Crippen molar-refractivity contribution in [3.63, 3.8) is 0 Å². The van der Waals surface area contributed by atoms with Crippen LogP contribution < -0.4 is 0 Å². The van der Waals surface area contributed by atoms with E-state index < -0.39 is 8.24 Å². The van der Waals surface area contributed by atoms with Crippen molar-refractivity contribution in [2.45, 2.75) is 59.7 Å². The fraction of sp³-hybridized carbons (Fsp3) is 0.423. The molecule has 4 heteroatoms. The Labute approximate surface area is 182 Å². The summed E-state index contributed by atoms with van der Waals surface area (Å²) in [5.74, 6) is 0.120. The number of aryl methyl sites for hydroxylation is 1. The van der Waals surface area contributed by atoms with E-state index in [1.54, 1.807) is 0 Å². The van der Waals surface area contributed by atoms with Crippen LogP contribution in [0.5, 0.6) is 0 Å². The van der Waals surface area contributed by atoms with Gasteiger partial charge in [-0.3, -0.25) is 4.79 Å². The first-order valence-electron chi connectivity index (χ1n) is 11.0. The van der Waals surface area contributed by atoms with E-state index in [9.17, 15) is 4.79 Å². The zero-order chi connectivity index (χ0) is 22.3. The third-order valence-electron chi connectivity index (χ3n) is 6.94. The molecule has 0 atom stereocenters. The second-order valence-corrected chi connectivity index (χ2v) is 14.9. The van der Waals surface area contributed by atoms with E-state index in [4.69, 9.17) is 0 Å². The lowest BCUT2D eigenvalue weighted by Gasteiger charge is -2.38. The van der Waals surface area contributed by atoms with Gasteiger partial charge >= 0.3 is 0 Å². The van der Waals surface area contributed by atoms with Crippen LogP contribution in [0.2, 0.25) is 18.1 Å². The molecule has 0 saturated heterocycles. The summed E-state index contributed by atoms with van der Waals surface area (Å²) >= 11 is 0. The van der Waals surface area contributed by atoms with E-state index in [0.717, 1.165) is 22.1 Å². The summed E-state index contributed by atoms with van der Waals surface area (Å²) in [6, 6.07) is 15.0. The van der Waals surface area contributed by atoms with Crippen molar-refractivity contribution in [3.8, 4) is 11.1 Å². The molecule has 3 rings (SSSR count). The second kappa shape index (κ2) is 8.07. The number of carbonyl (C=O) groups excluding carboxylic acids is 1. The average molecular weight is 421 g/mol. The third kappa shape index (κ3) is 3.73. The molecule has 2 aromatic carbocycles. The van der Waals surface area contributed by atoms with Gasteiger partial charge in [0.1, 0.15) is 0 Å². The Hall–Kier alpha value is -2.33. The molecule has 0 saturated carbocycles. The smallest absolute Gasteiger partial charge is 0.255 e. The van der Waals surface area contributed by atoms with E-state index in [1.165, 1.54) is 11.1 Å². The first-order chi connectivity index (χ1) is 14.0. The fourth-order valence-corrected chi connectivity index (χ4v) is 5.91. The lowest BCUT2D eigenvalue weighted by molar-refractivity contribution is 0.0775. The molecular weight excluding hydrogens is 384 g/mol. The zero-order valence-electron chi connectivity index (χ0n) is 19.8. The van der Waals surface area contributed by atoms with Crippen LogP contribution in [0.25, 0.3) is 22.0 Å². The van der Waals surface area contributed by atoms with Crippen LogP contribution in [0.15, 0.2) is 48.7 Å². The lowest BCUT2D eigenvalue weighted by Crippen LogP contribution is -2.44. The van der Waals surface area contributed by atoms with Crippen molar-refractivity contribution in [3.05, 3.63) is 59.8 Å². The van der Waals surface area contributed by atoms with Gasteiger partial charge in [0.25, 0.3) is 5.91 Å². The van der Waals surface area contributed by atoms with Crippen molar-refractivity contribution in [2.24, 2.45) is 0 Å². The Balaban J connectivity index is 2.32. The van der Waals surface area contributed by atoms with Crippen molar-refractivity contribution >= 4 is 25.0 Å². The summed E-state index contributed by atoms with van der Waals surface area (Å²) in [4.78, 5) is 15.6. The molecule has 1 amide bonds. The summed E-state index contributed by atoms with van der Waals surface area (Å²) in [7, 11) is -1.81. The Bertz CT molecular complexity index is 1050. The normalized spacial score (nSPS) is 12.4. The van der Waals surface area contributed by atoms with Gasteiger partial charge in [-0.25, -0.2) is 0 Å². The molecule has 1 aromatic heterocycles. The molecule has 0 fully saturated rings. The molecule has 0 aliphatic carbocycles. The topological polar surface area (TPSA) is 25.2 Å². The first-order valence-corrected chi connectivity index (χ1v) is 14.0. The highest BCUT2D eigenvalue weighted by molar-refractivity contribution is 6.79. The highest BCUT2D eigenvalue weighted by Gasteiger charge is 2.38. The van der Waals surface area contributed by atoms with E-state index in [0.29, 0.717) is 13.1 Å². The maximum absolute atomic E-state index is 13.7. The number of aromatic nitrogens is 1. The largest absolute Gasteiger partial charge is 0.374 e. The fourth-order valence-electron chi connectivity index (χ4n) is 3.94. The van der Waals surface area contributed by atoms with Gasteiger partial charge in [0.05, 0.1) is 5.56 Å². The summed E-state index contributed by atoms with van der Waals surface area (Å²) in [6.07, 6.45) is 2.21. The number of carbonyl (C=O) groups is 1. The predicted octanol–water partition coefficient (Wildman–Crippen LogP) is 6.95. The second-order valence-electron chi connectivity index (χ2n) is 9.76. The molecule has 0 aliphatic rings. The van der Waals surface area contributed by atoms with Gasteiger partial charge in [-0.15, -0.1) is 0 Å². The molecule has 3 nitrogen and oxygen atoms in total. The van der Waals surface area contributed by atoms with Gasteiger partial charge in [0, 0.05) is 24.0 Å². The van der Waals surface area contributed by atoms with Gasteiger partial charge in [-0.2, -0.15) is 0 Å². The SMILES string of the molecule is CCN(CC)C(=O)c1c(-c2ccc(C)cc2)ccc2c1ccn2[Si](C)(C)C(C)(C)C. The van der Waals surface area contributed by atoms with Crippen LogP contribution in [-0.2, 0) is 0 Å². The molecule has 0 N–H and O–H groups in total. The maximum Gasteiger partial charge on any atom is 0.255 e. The van der Waals surface area contributed by atoms with Crippen LogP contribution in [-0.4, -0.2) is 36.4 Å². The molecule has 0 spiro atoms. The number of benzene rings is 2. The lowest BCUT2D eigenvalue weighted by atomic mass is 9.95. The Morgan fingerprint density at radius 2 is 1.57 bits per heavy atom. The molecule has 30 heavy (non-hydrogen) atoms. The van der Waals surface area contributed by atoms with E-state index in [2.05, 4.69) is 93.7 Å². The van der Waals surface area contributed by atoms with E-state index >= 15 is 0 Å². The van der Waals surface area contributed by atoms with Gasteiger partial charge < -0.3 is 9.13 Å². The summed E-state index contributed by atoms with van der Waals surface area (Å²) in [6.45, 7) is 19.4. The Morgan fingerprint density at radius 1 is 0.967 bits per heavy atom. The number of rotatable bonds is 5. The highest BCUT2D eigenvalue weighted by Crippen LogP contribution is 2.40. The molecule has 3 aromatic rings. The van der Waals surface area contributed by atoms with Crippen LogP contribution in [0, 0.1) is 6.92 Å². The van der Waals surface area contributed by atoms with Crippen molar-refractivity contribution < 1.29 is 4.79 Å².